The normalized spacial score (nSPS) is 9.38. The van der Waals surface area contributed by atoms with Gasteiger partial charge in [-0.05, 0) is 12.3 Å². The molecule has 0 atom stereocenters. The fourth-order valence-electron chi connectivity index (χ4n) is 0.652. The topological polar surface area (TPSA) is 42.7 Å². The first kappa shape index (κ1) is 11.8. The maximum Gasteiger partial charge on any atom is 0.407 e. The molecule has 0 unspecified atom stereocenters. The number of hydrogen-bond acceptors (Lipinski definition) is 2. The minimum Gasteiger partial charge on any atom is -0.450 e. The molecule has 0 bridgehead atoms. The van der Waals surface area contributed by atoms with E-state index in [0.29, 0.717) is 25.6 Å². The van der Waals surface area contributed by atoms with Crippen LogP contribution in [0.3, 0.4) is 0 Å². The monoisotopic (exact) mass is 184 g/mol. The Labute approximate surface area is 79.1 Å². The van der Waals surface area contributed by atoms with Gasteiger partial charge in [0, 0.05) is 0 Å². The van der Waals surface area contributed by atoms with E-state index in [9.17, 15) is 4.79 Å². The van der Waals surface area contributed by atoms with Crippen molar-refractivity contribution in [1.82, 2.24) is 5.32 Å². The number of carbonyl (C=O) groups is 1. The highest BCUT2D eigenvalue weighted by atomic mass is 16.5. The summed E-state index contributed by atoms with van der Waals surface area (Å²) in [6, 6.07) is 0. The minimum atomic E-state index is -0.427. The van der Waals surface area contributed by atoms with E-state index in [1.54, 1.807) is 0 Å². The Hall–Kier alpha value is -1.24. The number of amides is 1. The highest BCUT2D eigenvalue weighted by Crippen LogP contribution is 1.98. The van der Waals surface area contributed by atoms with Crippen LogP contribution in [0.1, 0.15) is 20.3 Å². The lowest BCUT2D eigenvalue weighted by Gasteiger charge is -2.06. The first-order valence-corrected chi connectivity index (χ1v) is 4.40. The van der Waals surface area contributed by atoms with E-state index in [0.717, 1.165) is 6.42 Å². The van der Waals surface area contributed by atoms with E-state index in [4.69, 9.17) is 11.3 Å². The zero-order valence-electron chi connectivity index (χ0n) is 8.17. The van der Waals surface area contributed by atoms with E-state index in [1.807, 2.05) is 0 Å². The molecule has 1 N–H and O–H groups in total. The van der Waals surface area contributed by atoms with Gasteiger partial charge in [-0.15, -0.1) is 0 Å². The molecule has 0 spiro atoms. The molecular weight excluding hydrogens is 168 g/mol. The highest BCUT2D eigenvalue weighted by molar-refractivity contribution is 5.67. The van der Waals surface area contributed by atoms with E-state index in [2.05, 4.69) is 24.0 Å². The Bertz CT molecular complexity index is 185. The molecule has 0 fully saturated rings. The van der Waals surface area contributed by atoms with E-state index in [-0.39, 0.29) is 0 Å². The van der Waals surface area contributed by atoms with Gasteiger partial charge < -0.3 is 14.9 Å². The summed E-state index contributed by atoms with van der Waals surface area (Å²) < 4.78 is 4.85. The van der Waals surface area contributed by atoms with Crippen LogP contribution in [0.4, 0.5) is 4.79 Å². The maximum absolute atomic E-state index is 10.9. The zero-order valence-corrected chi connectivity index (χ0v) is 8.17. The largest absolute Gasteiger partial charge is 0.450 e. The molecule has 0 aliphatic rings. The molecule has 0 aromatic heterocycles. The summed E-state index contributed by atoms with van der Waals surface area (Å²) in [7, 11) is 0. The zero-order chi connectivity index (χ0) is 10.1. The molecule has 0 heterocycles. The fraction of sp³-hybridized carbons (Fsp3) is 0.778. The SMILES string of the molecule is [C-]#[N+]CCNC(=O)OCCC(C)C. The van der Waals surface area contributed by atoms with E-state index in [1.165, 1.54) is 0 Å². The predicted molar refractivity (Wildman–Crippen MR) is 50.3 cm³/mol. The third-order valence-corrected chi connectivity index (χ3v) is 1.42. The van der Waals surface area contributed by atoms with Crippen molar-refractivity contribution in [3.05, 3.63) is 11.4 Å². The summed E-state index contributed by atoms with van der Waals surface area (Å²) in [5.41, 5.74) is 0. The second kappa shape index (κ2) is 7.41. The summed E-state index contributed by atoms with van der Waals surface area (Å²) in [4.78, 5) is 14.0. The van der Waals surface area contributed by atoms with Crippen molar-refractivity contribution in [2.24, 2.45) is 5.92 Å². The molecule has 4 heteroatoms. The molecular formula is C9H16N2O2. The van der Waals surface area contributed by atoms with Crippen LogP contribution in [0.2, 0.25) is 0 Å². The maximum atomic E-state index is 10.9. The van der Waals surface area contributed by atoms with Crippen LogP contribution in [-0.4, -0.2) is 25.8 Å². The highest BCUT2D eigenvalue weighted by Gasteiger charge is 2.01. The van der Waals surface area contributed by atoms with Crippen molar-refractivity contribution < 1.29 is 9.53 Å². The van der Waals surface area contributed by atoms with Crippen LogP contribution >= 0.6 is 0 Å². The van der Waals surface area contributed by atoms with Crippen molar-refractivity contribution in [2.45, 2.75) is 20.3 Å². The molecule has 0 saturated carbocycles. The minimum absolute atomic E-state index is 0.305. The van der Waals surface area contributed by atoms with Crippen molar-refractivity contribution in [3.8, 4) is 0 Å². The lowest BCUT2D eigenvalue weighted by Crippen LogP contribution is -2.27. The van der Waals surface area contributed by atoms with Crippen LogP contribution in [0.5, 0.6) is 0 Å². The van der Waals surface area contributed by atoms with Gasteiger partial charge in [-0.2, -0.15) is 0 Å². The molecule has 74 valence electrons. The van der Waals surface area contributed by atoms with Gasteiger partial charge in [0.25, 0.3) is 0 Å². The van der Waals surface area contributed by atoms with Crippen molar-refractivity contribution >= 4 is 6.09 Å². The third-order valence-electron chi connectivity index (χ3n) is 1.42. The number of hydrogen-bond donors (Lipinski definition) is 1. The molecule has 0 radical (unpaired) electrons. The lowest BCUT2D eigenvalue weighted by atomic mass is 10.1. The van der Waals surface area contributed by atoms with Crippen molar-refractivity contribution in [1.29, 1.82) is 0 Å². The Balaban J connectivity index is 3.26. The van der Waals surface area contributed by atoms with Gasteiger partial charge in [0.05, 0.1) is 13.2 Å². The number of nitrogens with zero attached hydrogens (tertiary/aromatic N) is 1. The number of carbonyl (C=O) groups excluding carboxylic acids is 1. The second-order valence-electron chi connectivity index (χ2n) is 3.13. The van der Waals surface area contributed by atoms with Gasteiger partial charge in [0.2, 0.25) is 6.54 Å². The van der Waals surface area contributed by atoms with Crippen LogP contribution < -0.4 is 5.32 Å². The number of nitrogens with one attached hydrogen (secondary N) is 1. The molecule has 0 aliphatic heterocycles. The van der Waals surface area contributed by atoms with Crippen molar-refractivity contribution in [2.75, 3.05) is 19.7 Å². The summed E-state index contributed by atoms with van der Waals surface area (Å²) in [6.07, 6.45) is 0.445. The Morgan fingerprint density at radius 1 is 1.62 bits per heavy atom. The summed E-state index contributed by atoms with van der Waals surface area (Å²) in [5, 5.41) is 2.48. The first-order valence-electron chi connectivity index (χ1n) is 4.40. The molecule has 1 amide bonds. The van der Waals surface area contributed by atoms with Crippen LogP contribution in [0.25, 0.3) is 4.85 Å². The van der Waals surface area contributed by atoms with Gasteiger partial charge >= 0.3 is 6.09 Å². The van der Waals surface area contributed by atoms with Gasteiger partial charge in [-0.25, -0.2) is 11.4 Å². The first-order chi connectivity index (χ1) is 6.16. The molecule has 13 heavy (non-hydrogen) atoms. The number of ether oxygens (including phenoxy) is 1. The smallest absolute Gasteiger partial charge is 0.407 e. The van der Waals surface area contributed by atoms with Crippen LogP contribution in [0.15, 0.2) is 0 Å². The Morgan fingerprint density at radius 3 is 2.85 bits per heavy atom. The molecule has 0 aromatic carbocycles. The Kier molecular flexibility index (Phi) is 6.70. The average molecular weight is 184 g/mol. The van der Waals surface area contributed by atoms with E-state index < -0.39 is 6.09 Å². The lowest BCUT2D eigenvalue weighted by molar-refractivity contribution is 0.141. The molecule has 4 nitrogen and oxygen atoms in total. The molecule has 0 saturated heterocycles. The fourth-order valence-corrected chi connectivity index (χ4v) is 0.652. The van der Waals surface area contributed by atoms with Gasteiger partial charge in [0.15, 0.2) is 0 Å². The second-order valence-corrected chi connectivity index (χ2v) is 3.13. The molecule has 0 aromatic rings. The summed E-state index contributed by atoms with van der Waals surface area (Å²) in [5.74, 6) is 0.538. The number of alkyl carbamates (subject to hydrolysis) is 1. The van der Waals surface area contributed by atoms with E-state index >= 15 is 0 Å². The quantitative estimate of drug-likeness (QED) is 0.521. The number of rotatable bonds is 5. The van der Waals surface area contributed by atoms with Gasteiger partial charge in [-0.3, -0.25) is 0 Å². The molecule has 0 rings (SSSR count). The van der Waals surface area contributed by atoms with Crippen LogP contribution in [-0.2, 0) is 4.74 Å². The van der Waals surface area contributed by atoms with Crippen LogP contribution in [0, 0.1) is 12.5 Å². The Morgan fingerprint density at radius 2 is 2.31 bits per heavy atom. The van der Waals surface area contributed by atoms with Crippen molar-refractivity contribution in [3.63, 3.8) is 0 Å². The average Bonchev–Trinajstić information content (AvgIpc) is 2.04. The third kappa shape index (κ3) is 8.67. The standard InChI is InChI=1S/C9H16N2O2/c1-8(2)4-7-13-9(12)11-6-5-10-3/h8H,4-7H2,1-2H3,(H,11,12). The molecule has 0 aliphatic carbocycles. The summed E-state index contributed by atoms with van der Waals surface area (Å²) in [6.45, 7) is 11.7. The predicted octanol–water partition coefficient (Wildman–Crippen LogP) is 1.68. The van der Waals surface area contributed by atoms with Gasteiger partial charge in [0.1, 0.15) is 0 Å². The van der Waals surface area contributed by atoms with Gasteiger partial charge in [-0.1, -0.05) is 13.8 Å². The summed E-state index contributed by atoms with van der Waals surface area (Å²) >= 11 is 0.